The molecular formula is C26H32ClN2O5-. The van der Waals surface area contributed by atoms with Crippen molar-refractivity contribution in [3.63, 3.8) is 0 Å². The number of rotatable bonds is 8. The molecule has 0 saturated carbocycles. The SMILES string of the molecule is CC(C)=CCC/C(C)=C/C[C@]1(O)C(=O)C2=C(C(=O)C1(Cl)CC=C(C)C)C(O)=C(C)C(=O)C2N=[N-]. The number of alkyl halides is 1. The van der Waals surface area contributed by atoms with Crippen molar-refractivity contribution in [1.29, 1.82) is 0 Å². The third-order valence-corrected chi connectivity index (χ3v) is 7.00. The summed E-state index contributed by atoms with van der Waals surface area (Å²) in [5.41, 5.74) is 8.72. The average molecular weight is 488 g/mol. The minimum atomic E-state index is -2.43. The molecule has 0 amide bonds. The van der Waals surface area contributed by atoms with Crippen LogP contribution < -0.4 is 0 Å². The van der Waals surface area contributed by atoms with Crippen molar-refractivity contribution < 1.29 is 24.6 Å². The standard InChI is InChI=1S/C26H32ClN2O5/c1-14(2)8-7-9-16(5)11-13-26(34)24(33)18-19(21(30)17(6)22(31)20(18)29-28)23(32)25(26,27)12-10-15(3)4/h8,10-11,20,30,34H,7,9,12-13H2,1-6H3/q-1/b16-11+/t20?,25?,26-/m0/s1. The van der Waals surface area contributed by atoms with Crippen LogP contribution >= 0.6 is 11.6 Å². The molecule has 184 valence electrons. The molecule has 0 heterocycles. The summed E-state index contributed by atoms with van der Waals surface area (Å²) in [5, 5.41) is 25.4. The van der Waals surface area contributed by atoms with E-state index < -0.39 is 50.8 Å². The molecule has 34 heavy (non-hydrogen) atoms. The highest BCUT2D eigenvalue weighted by Crippen LogP contribution is 2.49. The number of ketones is 3. The number of allylic oxidation sites excluding steroid dienone is 6. The van der Waals surface area contributed by atoms with Crippen LogP contribution in [0.15, 0.2) is 62.5 Å². The van der Waals surface area contributed by atoms with Crippen LogP contribution in [0.5, 0.6) is 0 Å². The third-order valence-electron chi connectivity index (χ3n) is 6.36. The van der Waals surface area contributed by atoms with Crippen molar-refractivity contribution in [3.8, 4) is 0 Å². The largest absolute Gasteiger partial charge is 0.711 e. The quantitative estimate of drug-likeness (QED) is 0.269. The van der Waals surface area contributed by atoms with Crippen LogP contribution in [0.25, 0.3) is 5.53 Å². The number of halogens is 1. The minimum absolute atomic E-state index is 0.180. The summed E-state index contributed by atoms with van der Waals surface area (Å²) in [4.78, 5) is 37.8. The Morgan fingerprint density at radius 1 is 1.03 bits per heavy atom. The Bertz CT molecular complexity index is 1090. The van der Waals surface area contributed by atoms with E-state index in [1.54, 1.807) is 26.0 Å². The second-order valence-electron chi connectivity index (χ2n) is 9.52. The zero-order chi connectivity index (χ0) is 26.0. The molecule has 7 nitrogen and oxygen atoms in total. The fraction of sp³-hybridized carbons (Fsp3) is 0.500. The van der Waals surface area contributed by atoms with Crippen molar-refractivity contribution in [2.75, 3.05) is 0 Å². The van der Waals surface area contributed by atoms with E-state index in [0.717, 1.165) is 17.6 Å². The van der Waals surface area contributed by atoms with Crippen LogP contribution in [-0.2, 0) is 14.4 Å². The van der Waals surface area contributed by atoms with Gasteiger partial charge in [0, 0.05) is 17.6 Å². The number of Topliss-reactive ketones (excluding diaryl/α,β-unsaturated/α-hetero) is 3. The molecule has 2 unspecified atom stereocenters. The molecule has 0 aliphatic heterocycles. The summed E-state index contributed by atoms with van der Waals surface area (Å²) in [6.07, 6.45) is 6.34. The molecule has 8 heteroatoms. The molecule has 0 fully saturated rings. The van der Waals surface area contributed by atoms with Crippen LogP contribution in [0.2, 0.25) is 0 Å². The molecule has 2 aliphatic carbocycles. The van der Waals surface area contributed by atoms with E-state index in [1.807, 2.05) is 20.8 Å². The number of carbonyl (C=O) groups excluding carboxylic acids is 3. The summed E-state index contributed by atoms with van der Waals surface area (Å²) >= 11 is 6.81. The average Bonchev–Trinajstić information content (AvgIpc) is 2.77. The predicted octanol–water partition coefficient (Wildman–Crippen LogP) is 5.39. The maximum Gasteiger partial charge on any atom is 0.196 e. The molecule has 0 saturated heterocycles. The molecule has 3 atom stereocenters. The summed E-state index contributed by atoms with van der Waals surface area (Å²) < 4.78 is 0. The zero-order valence-electron chi connectivity index (χ0n) is 20.5. The molecular weight excluding hydrogens is 456 g/mol. The first-order chi connectivity index (χ1) is 15.7. The Hall–Kier alpha value is -2.64. The first-order valence-corrected chi connectivity index (χ1v) is 11.6. The summed E-state index contributed by atoms with van der Waals surface area (Å²) in [7, 11) is 0. The van der Waals surface area contributed by atoms with Crippen LogP contribution in [0.3, 0.4) is 0 Å². The van der Waals surface area contributed by atoms with E-state index in [9.17, 15) is 30.1 Å². The summed E-state index contributed by atoms with van der Waals surface area (Å²) in [6.45, 7) is 10.7. The first-order valence-electron chi connectivity index (χ1n) is 11.2. The predicted molar refractivity (Wildman–Crippen MR) is 132 cm³/mol. The lowest BCUT2D eigenvalue weighted by Gasteiger charge is -2.46. The molecule has 0 bridgehead atoms. The van der Waals surface area contributed by atoms with E-state index >= 15 is 0 Å². The van der Waals surface area contributed by atoms with Gasteiger partial charge >= 0.3 is 0 Å². The van der Waals surface area contributed by atoms with Crippen LogP contribution in [0.4, 0.5) is 0 Å². The lowest BCUT2D eigenvalue weighted by molar-refractivity contribution is -0.146. The van der Waals surface area contributed by atoms with Gasteiger partial charge in [-0.2, -0.15) is 0 Å². The van der Waals surface area contributed by atoms with Gasteiger partial charge in [0.15, 0.2) is 23.0 Å². The van der Waals surface area contributed by atoms with Gasteiger partial charge in [-0.3, -0.25) is 14.4 Å². The van der Waals surface area contributed by atoms with Crippen LogP contribution in [0.1, 0.15) is 67.2 Å². The number of nitrogens with zero attached hydrogens (tertiary/aromatic N) is 2. The normalized spacial score (nSPS) is 27.6. The van der Waals surface area contributed by atoms with E-state index in [2.05, 4.69) is 11.2 Å². The highest BCUT2D eigenvalue weighted by atomic mass is 35.5. The van der Waals surface area contributed by atoms with Gasteiger partial charge in [-0.25, -0.2) is 0 Å². The Morgan fingerprint density at radius 2 is 1.62 bits per heavy atom. The molecule has 2 aliphatic rings. The van der Waals surface area contributed by atoms with Crippen molar-refractivity contribution in [2.45, 2.75) is 83.7 Å². The second kappa shape index (κ2) is 10.3. The van der Waals surface area contributed by atoms with Gasteiger partial charge in [-0.15, -0.1) is 11.6 Å². The lowest BCUT2D eigenvalue weighted by Crippen LogP contribution is -2.65. The Labute approximate surface area is 205 Å². The number of aliphatic hydroxyl groups is 2. The molecule has 2 N–H and O–H groups in total. The zero-order valence-corrected chi connectivity index (χ0v) is 21.3. The van der Waals surface area contributed by atoms with Crippen molar-refractivity contribution in [2.24, 2.45) is 5.11 Å². The second-order valence-corrected chi connectivity index (χ2v) is 10.2. The van der Waals surface area contributed by atoms with Gasteiger partial charge in [-0.05, 0) is 60.8 Å². The molecule has 0 spiro atoms. The van der Waals surface area contributed by atoms with Gasteiger partial charge in [0.05, 0.1) is 5.57 Å². The van der Waals surface area contributed by atoms with Gasteiger partial charge in [-0.1, -0.05) is 34.9 Å². The van der Waals surface area contributed by atoms with Gasteiger partial charge in [0.1, 0.15) is 16.7 Å². The molecule has 0 radical (unpaired) electrons. The number of hydrogen-bond donors (Lipinski definition) is 2. The van der Waals surface area contributed by atoms with Gasteiger partial charge in [0.2, 0.25) is 0 Å². The van der Waals surface area contributed by atoms with Crippen LogP contribution in [0, 0.1) is 0 Å². The van der Waals surface area contributed by atoms with E-state index in [4.69, 9.17) is 11.6 Å². The first kappa shape index (κ1) is 27.6. The topological polar surface area (TPSA) is 126 Å². The summed E-state index contributed by atoms with van der Waals surface area (Å²) in [6, 6.07) is -1.72. The van der Waals surface area contributed by atoms with Crippen LogP contribution in [-0.4, -0.2) is 44.1 Å². The van der Waals surface area contributed by atoms with Crippen molar-refractivity contribution in [3.05, 3.63) is 63.0 Å². The Morgan fingerprint density at radius 3 is 2.15 bits per heavy atom. The highest BCUT2D eigenvalue weighted by Gasteiger charge is 2.65. The third kappa shape index (κ3) is 4.77. The lowest BCUT2D eigenvalue weighted by atomic mass is 9.63. The maximum atomic E-state index is 13.7. The summed E-state index contributed by atoms with van der Waals surface area (Å²) in [5.74, 6) is -3.42. The molecule has 0 aromatic heterocycles. The van der Waals surface area contributed by atoms with E-state index in [1.165, 1.54) is 12.5 Å². The highest BCUT2D eigenvalue weighted by molar-refractivity contribution is 6.45. The number of hydrogen-bond acceptors (Lipinski definition) is 6. The van der Waals surface area contributed by atoms with Gasteiger partial charge < -0.3 is 20.9 Å². The maximum absolute atomic E-state index is 13.7. The smallest absolute Gasteiger partial charge is 0.196 e. The monoisotopic (exact) mass is 487 g/mol. The van der Waals surface area contributed by atoms with E-state index in [0.29, 0.717) is 6.42 Å². The van der Waals surface area contributed by atoms with Crippen molar-refractivity contribution >= 4 is 29.0 Å². The number of aliphatic hydroxyl groups excluding tert-OH is 1. The molecule has 0 aromatic carbocycles. The molecule has 0 aromatic rings. The van der Waals surface area contributed by atoms with Gasteiger partial charge in [0.25, 0.3) is 0 Å². The fourth-order valence-corrected chi connectivity index (χ4v) is 4.48. The van der Waals surface area contributed by atoms with E-state index in [-0.39, 0.29) is 18.4 Å². The number of carbonyl (C=O) groups is 3. The Kier molecular flexibility index (Phi) is 8.38. The fourth-order valence-electron chi connectivity index (χ4n) is 4.14. The minimum Gasteiger partial charge on any atom is -0.711 e. The Balaban J connectivity index is 2.69. The molecule has 2 rings (SSSR count). The van der Waals surface area contributed by atoms with Crippen molar-refractivity contribution in [1.82, 2.24) is 0 Å².